The second-order valence-electron chi connectivity index (χ2n) is 7.67. The highest BCUT2D eigenvalue weighted by molar-refractivity contribution is 5.96. The van der Waals surface area contributed by atoms with Gasteiger partial charge in [-0.05, 0) is 86.6 Å². The number of hydrogen-bond acceptors (Lipinski definition) is 4. The molecule has 0 saturated heterocycles. The Hall–Kier alpha value is -4.14. The summed E-state index contributed by atoms with van der Waals surface area (Å²) in [5, 5.41) is 10.4. The second kappa shape index (κ2) is 9.01. The van der Waals surface area contributed by atoms with Crippen LogP contribution in [0.3, 0.4) is 0 Å². The van der Waals surface area contributed by atoms with Crippen molar-refractivity contribution >= 4 is 16.9 Å². The highest BCUT2D eigenvalue weighted by Crippen LogP contribution is 2.32. The van der Waals surface area contributed by atoms with E-state index in [4.69, 9.17) is 9.47 Å². The molecule has 0 unspecified atom stereocenters. The summed E-state index contributed by atoms with van der Waals surface area (Å²) in [6.45, 7) is 3.83. The molecule has 0 aliphatic heterocycles. The zero-order chi connectivity index (χ0) is 24.5. The maximum absolute atomic E-state index is 12.3. The predicted octanol–water partition coefficient (Wildman–Crippen LogP) is 6.81. The van der Waals surface area contributed by atoms with Gasteiger partial charge in [-0.1, -0.05) is 0 Å². The first-order chi connectivity index (χ1) is 16.1. The molecule has 34 heavy (non-hydrogen) atoms. The molecular formula is C25H20F3NO5. The number of ether oxygens (including phenoxy) is 3. The molecule has 176 valence electrons. The molecule has 6 nitrogen and oxygen atoms in total. The van der Waals surface area contributed by atoms with E-state index in [2.05, 4.69) is 4.74 Å². The maximum atomic E-state index is 12.3. The van der Waals surface area contributed by atoms with Crippen molar-refractivity contribution in [2.24, 2.45) is 0 Å². The van der Waals surface area contributed by atoms with Crippen molar-refractivity contribution in [3.05, 3.63) is 78.5 Å². The highest BCUT2D eigenvalue weighted by Gasteiger charge is 2.31. The summed E-state index contributed by atoms with van der Waals surface area (Å²) in [6, 6.07) is 18.7. The van der Waals surface area contributed by atoms with E-state index in [1.807, 2.05) is 13.8 Å². The summed E-state index contributed by atoms with van der Waals surface area (Å²) in [6.07, 6.45) is -4.76. The summed E-state index contributed by atoms with van der Waals surface area (Å²) in [4.78, 5) is 11.9. The Bertz CT molecular complexity index is 1310. The summed E-state index contributed by atoms with van der Waals surface area (Å²) in [7, 11) is 0. The number of carbonyl (C=O) groups is 1. The van der Waals surface area contributed by atoms with Crippen molar-refractivity contribution < 1.29 is 37.3 Å². The number of alkyl halides is 3. The van der Waals surface area contributed by atoms with Gasteiger partial charge in [0.25, 0.3) is 0 Å². The van der Waals surface area contributed by atoms with E-state index >= 15 is 0 Å². The number of rotatable bonds is 7. The molecule has 4 rings (SSSR count). The summed E-state index contributed by atoms with van der Waals surface area (Å²) < 4.78 is 53.8. The van der Waals surface area contributed by atoms with Crippen LogP contribution < -0.4 is 14.2 Å². The van der Waals surface area contributed by atoms with Crippen LogP contribution in [-0.2, 0) is 0 Å². The normalized spacial score (nSPS) is 11.6. The van der Waals surface area contributed by atoms with E-state index in [-0.39, 0.29) is 17.5 Å². The Morgan fingerprint density at radius 1 is 0.853 bits per heavy atom. The fourth-order valence-electron chi connectivity index (χ4n) is 3.48. The minimum Gasteiger partial charge on any atom is -0.491 e. The quantitative estimate of drug-likeness (QED) is 0.321. The van der Waals surface area contributed by atoms with Gasteiger partial charge in [0.05, 0.1) is 11.6 Å². The fourth-order valence-corrected chi connectivity index (χ4v) is 3.48. The van der Waals surface area contributed by atoms with Gasteiger partial charge in [0.1, 0.15) is 28.7 Å². The zero-order valence-electron chi connectivity index (χ0n) is 18.2. The summed E-state index contributed by atoms with van der Waals surface area (Å²) >= 11 is 0. The lowest BCUT2D eigenvalue weighted by molar-refractivity contribution is -0.274. The van der Waals surface area contributed by atoms with E-state index in [1.165, 1.54) is 18.2 Å². The minimum atomic E-state index is -4.77. The van der Waals surface area contributed by atoms with Crippen LogP contribution in [-0.4, -0.2) is 28.1 Å². The van der Waals surface area contributed by atoms with E-state index in [0.717, 1.165) is 12.1 Å². The van der Waals surface area contributed by atoms with Gasteiger partial charge in [0, 0.05) is 11.1 Å². The predicted molar refractivity (Wildman–Crippen MR) is 119 cm³/mol. The second-order valence-corrected chi connectivity index (χ2v) is 7.67. The van der Waals surface area contributed by atoms with Crippen molar-refractivity contribution in [2.75, 3.05) is 0 Å². The number of fused-ring (bicyclic) bond motifs is 1. The number of carboxylic acid groups (broad SMARTS) is 1. The molecule has 0 aliphatic carbocycles. The fraction of sp³-hybridized carbons (Fsp3) is 0.160. The standard InChI is InChI=1S/C25H20F3NO5/c1-15(2)32-18-5-3-17(4-6-18)29-22-12-11-21(13-16(22)14-23(29)24(30)31)33-19-7-9-20(10-8-19)34-25(26,27)28/h3-15H,1-2H3,(H,30,31). The van der Waals surface area contributed by atoms with Gasteiger partial charge < -0.3 is 23.9 Å². The number of halogens is 3. The lowest BCUT2D eigenvalue weighted by Crippen LogP contribution is -2.16. The monoisotopic (exact) mass is 471 g/mol. The Balaban J connectivity index is 1.63. The van der Waals surface area contributed by atoms with Crippen LogP contribution >= 0.6 is 0 Å². The number of hydrogen-bond donors (Lipinski definition) is 1. The lowest BCUT2D eigenvalue weighted by atomic mass is 10.2. The van der Waals surface area contributed by atoms with Crippen LogP contribution in [0, 0.1) is 0 Å². The Morgan fingerprint density at radius 2 is 1.44 bits per heavy atom. The number of aromatic carboxylic acids is 1. The van der Waals surface area contributed by atoms with E-state index in [1.54, 1.807) is 47.0 Å². The molecule has 0 bridgehead atoms. The molecule has 0 atom stereocenters. The third kappa shape index (κ3) is 5.25. The van der Waals surface area contributed by atoms with E-state index in [0.29, 0.717) is 33.8 Å². The molecule has 4 aromatic rings. The topological polar surface area (TPSA) is 69.9 Å². The molecule has 0 spiro atoms. The smallest absolute Gasteiger partial charge is 0.491 e. The molecule has 0 radical (unpaired) electrons. The van der Waals surface area contributed by atoms with Gasteiger partial charge in [-0.25, -0.2) is 4.79 Å². The average Bonchev–Trinajstić information content (AvgIpc) is 3.13. The van der Waals surface area contributed by atoms with Gasteiger partial charge in [0.15, 0.2) is 0 Å². The number of benzene rings is 3. The van der Waals surface area contributed by atoms with Crippen LogP contribution in [0.4, 0.5) is 13.2 Å². The molecule has 9 heteroatoms. The molecule has 0 amide bonds. The molecule has 1 N–H and O–H groups in total. The SMILES string of the molecule is CC(C)Oc1ccc(-n2c(C(=O)O)cc3cc(Oc4ccc(OC(F)(F)F)cc4)ccc32)cc1. The van der Waals surface area contributed by atoms with Crippen LogP contribution in [0.5, 0.6) is 23.0 Å². The highest BCUT2D eigenvalue weighted by atomic mass is 19.4. The molecule has 3 aromatic carbocycles. The molecule has 0 aliphatic rings. The lowest BCUT2D eigenvalue weighted by Gasteiger charge is -2.12. The first-order valence-electron chi connectivity index (χ1n) is 10.3. The van der Waals surface area contributed by atoms with Crippen LogP contribution in [0.15, 0.2) is 72.8 Å². The first-order valence-corrected chi connectivity index (χ1v) is 10.3. The number of nitrogens with zero attached hydrogens (tertiary/aromatic N) is 1. The number of aromatic nitrogens is 1. The minimum absolute atomic E-state index is 0.0135. The van der Waals surface area contributed by atoms with Crippen molar-refractivity contribution in [3.8, 4) is 28.7 Å². The van der Waals surface area contributed by atoms with Crippen molar-refractivity contribution in [1.82, 2.24) is 4.57 Å². The van der Waals surface area contributed by atoms with Gasteiger partial charge in [-0.15, -0.1) is 13.2 Å². The molecule has 0 saturated carbocycles. The van der Waals surface area contributed by atoms with Crippen LogP contribution in [0.1, 0.15) is 24.3 Å². The van der Waals surface area contributed by atoms with Gasteiger partial charge in [-0.3, -0.25) is 0 Å². The third-order valence-corrected chi connectivity index (χ3v) is 4.75. The molecule has 0 fully saturated rings. The largest absolute Gasteiger partial charge is 0.573 e. The van der Waals surface area contributed by atoms with Gasteiger partial charge in [0.2, 0.25) is 0 Å². The van der Waals surface area contributed by atoms with Gasteiger partial charge in [-0.2, -0.15) is 0 Å². The summed E-state index contributed by atoms with van der Waals surface area (Å²) in [5.74, 6) is -0.0848. The Morgan fingerprint density at radius 3 is 2.03 bits per heavy atom. The van der Waals surface area contributed by atoms with Crippen molar-refractivity contribution in [1.29, 1.82) is 0 Å². The average molecular weight is 471 g/mol. The molecule has 1 heterocycles. The first kappa shape index (κ1) is 23.0. The molecular weight excluding hydrogens is 451 g/mol. The Kier molecular flexibility index (Phi) is 6.10. The van der Waals surface area contributed by atoms with Crippen molar-refractivity contribution in [3.63, 3.8) is 0 Å². The van der Waals surface area contributed by atoms with Crippen molar-refractivity contribution in [2.45, 2.75) is 26.3 Å². The third-order valence-electron chi connectivity index (χ3n) is 4.75. The van der Waals surface area contributed by atoms with Gasteiger partial charge >= 0.3 is 12.3 Å². The van der Waals surface area contributed by atoms with E-state index < -0.39 is 12.3 Å². The van der Waals surface area contributed by atoms with E-state index in [9.17, 15) is 23.1 Å². The maximum Gasteiger partial charge on any atom is 0.573 e. The Labute approximate surface area is 192 Å². The summed E-state index contributed by atoms with van der Waals surface area (Å²) in [5.41, 5.74) is 1.37. The van der Waals surface area contributed by atoms with Crippen LogP contribution in [0.25, 0.3) is 16.6 Å². The zero-order valence-corrected chi connectivity index (χ0v) is 18.2. The van der Waals surface area contributed by atoms with Crippen LogP contribution in [0.2, 0.25) is 0 Å². The molecule has 1 aromatic heterocycles. The number of carboxylic acids is 1.